The summed E-state index contributed by atoms with van der Waals surface area (Å²) in [7, 11) is 0. The third kappa shape index (κ3) is 4.15. The molecule has 20 heavy (non-hydrogen) atoms. The van der Waals surface area contributed by atoms with Crippen LogP contribution in [0.15, 0.2) is 41.0 Å². The Labute approximate surface area is 126 Å². The second kappa shape index (κ2) is 7.55. The van der Waals surface area contributed by atoms with Gasteiger partial charge in [-0.3, -0.25) is 0 Å². The van der Waals surface area contributed by atoms with Gasteiger partial charge in [0, 0.05) is 11.8 Å². The number of hydrogen-bond acceptors (Lipinski definition) is 3. The zero-order chi connectivity index (χ0) is 14.4. The number of hydrogen-bond donors (Lipinski definition) is 1. The van der Waals surface area contributed by atoms with Crippen molar-refractivity contribution in [3.63, 3.8) is 0 Å². The van der Waals surface area contributed by atoms with Crippen LogP contribution in [0, 0.1) is 13.8 Å². The van der Waals surface area contributed by atoms with Crippen LogP contribution >= 0.6 is 11.8 Å². The summed E-state index contributed by atoms with van der Waals surface area (Å²) in [6.45, 7) is 7.48. The van der Waals surface area contributed by atoms with Gasteiger partial charge in [0.1, 0.15) is 5.76 Å². The van der Waals surface area contributed by atoms with Crippen molar-refractivity contribution in [1.82, 2.24) is 5.32 Å². The van der Waals surface area contributed by atoms with Crippen molar-refractivity contribution in [1.29, 1.82) is 0 Å². The highest BCUT2D eigenvalue weighted by Gasteiger charge is 2.11. The predicted octanol–water partition coefficient (Wildman–Crippen LogP) is 4.48. The highest BCUT2D eigenvalue weighted by atomic mass is 32.2. The lowest BCUT2D eigenvalue weighted by Gasteiger charge is -2.19. The van der Waals surface area contributed by atoms with Crippen LogP contribution in [0.3, 0.4) is 0 Å². The van der Waals surface area contributed by atoms with Crippen molar-refractivity contribution in [2.75, 3.05) is 12.3 Å². The number of benzene rings is 1. The molecule has 0 radical (unpaired) electrons. The second-order valence-corrected chi connectivity index (χ2v) is 6.08. The summed E-state index contributed by atoms with van der Waals surface area (Å²) < 4.78 is 5.37. The van der Waals surface area contributed by atoms with E-state index in [9.17, 15) is 0 Å². The van der Waals surface area contributed by atoms with E-state index >= 15 is 0 Å². The topological polar surface area (TPSA) is 25.2 Å². The molecular formula is C17H23NOS. The van der Waals surface area contributed by atoms with Crippen LogP contribution in [0.4, 0.5) is 0 Å². The van der Waals surface area contributed by atoms with E-state index in [2.05, 4.69) is 44.3 Å². The maximum atomic E-state index is 5.37. The molecule has 0 bridgehead atoms. The summed E-state index contributed by atoms with van der Waals surface area (Å²) >= 11 is 1.91. The van der Waals surface area contributed by atoms with Crippen molar-refractivity contribution < 1.29 is 4.42 Å². The third-order valence-electron chi connectivity index (χ3n) is 3.49. The van der Waals surface area contributed by atoms with Crippen molar-refractivity contribution in [3.05, 3.63) is 59.0 Å². The standard InChI is InChI=1S/C17H23NOS/c1-4-18-17(12-20-11-16-6-5-9-19-16)15-8-7-13(2)14(3)10-15/h5-10,17-18H,4,11-12H2,1-3H3. The van der Waals surface area contributed by atoms with Gasteiger partial charge in [0.2, 0.25) is 0 Å². The molecule has 0 aliphatic rings. The van der Waals surface area contributed by atoms with E-state index in [-0.39, 0.29) is 0 Å². The first-order valence-corrected chi connectivity index (χ1v) is 8.27. The largest absolute Gasteiger partial charge is 0.468 e. The van der Waals surface area contributed by atoms with Crippen molar-refractivity contribution in [3.8, 4) is 0 Å². The van der Waals surface area contributed by atoms with Gasteiger partial charge in [-0.15, -0.1) is 0 Å². The quantitative estimate of drug-likeness (QED) is 0.813. The Morgan fingerprint density at radius 2 is 2.05 bits per heavy atom. The van der Waals surface area contributed by atoms with Crippen LogP contribution in [0.1, 0.15) is 35.4 Å². The van der Waals surface area contributed by atoms with Gasteiger partial charge in [-0.2, -0.15) is 11.8 Å². The first-order valence-electron chi connectivity index (χ1n) is 7.11. The molecule has 0 saturated carbocycles. The zero-order valence-corrected chi connectivity index (χ0v) is 13.3. The molecule has 0 aliphatic heterocycles. The van der Waals surface area contributed by atoms with Crippen molar-refractivity contribution in [2.45, 2.75) is 32.6 Å². The van der Waals surface area contributed by atoms with E-state index in [1.807, 2.05) is 23.9 Å². The zero-order valence-electron chi connectivity index (χ0n) is 12.5. The molecule has 1 N–H and O–H groups in total. The lowest BCUT2D eigenvalue weighted by atomic mass is 10.0. The van der Waals surface area contributed by atoms with E-state index in [1.54, 1.807) is 6.26 Å². The maximum Gasteiger partial charge on any atom is 0.113 e. The molecule has 108 valence electrons. The molecule has 0 aliphatic carbocycles. The third-order valence-corrected chi connectivity index (χ3v) is 4.55. The summed E-state index contributed by atoms with van der Waals surface area (Å²) in [5.41, 5.74) is 4.09. The van der Waals surface area contributed by atoms with Crippen LogP contribution in [-0.2, 0) is 5.75 Å². The minimum atomic E-state index is 0.402. The fourth-order valence-electron chi connectivity index (χ4n) is 2.17. The average molecular weight is 289 g/mol. The minimum Gasteiger partial charge on any atom is -0.468 e. The second-order valence-electron chi connectivity index (χ2n) is 5.05. The highest BCUT2D eigenvalue weighted by Crippen LogP contribution is 2.23. The molecule has 2 aromatic rings. The molecule has 3 heteroatoms. The highest BCUT2D eigenvalue weighted by molar-refractivity contribution is 7.98. The summed E-state index contributed by atoms with van der Waals surface area (Å²) in [5, 5.41) is 3.57. The van der Waals surface area contributed by atoms with Crippen LogP contribution in [0.2, 0.25) is 0 Å². The Morgan fingerprint density at radius 3 is 2.70 bits per heavy atom. The van der Waals surface area contributed by atoms with Crippen LogP contribution in [-0.4, -0.2) is 12.3 Å². The van der Waals surface area contributed by atoms with Gasteiger partial charge in [-0.25, -0.2) is 0 Å². The summed E-state index contributed by atoms with van der Waals surface area (Å²) in [4.78, 5) is 0. The first kappa shape index (κ1) is 15.2. The Balaban J connectivity index is 1.96. The van der Waals surface area contributed by atoms with Crippen molar-refractivity contribution >= 4 is 11.8 Å². The van der Waals surface area contributed by atoms with Crippen LogP contribution in [0.25, 0.3) is 0 Å². The number of furan rings is 1. The normalized spacial score (nSPS) is 12.6. The molecule has 1 unspecified atom stereocenters. The molecular weight excluding hydrogens is 266 g/mol. The number of rotatable bonds is 7. The molecule has 2 nitrogen and oxygen atoms in total. The van der Waals surface area contributed by atoms with E-state index in [0.29, 0.717) is 6.04 Å². The predicted molar refractivity (Wildman–Crippen MR) is 87.2 cm³/mol. The SMILES string of the molecule is CCNC(CSCc1ccco1)c1ccc(C)c(C)c1. The Kier molecular flexibility index (Phi) is 5.74. The maximum absolute atomic E-state index is 5.37. The average Bonchev–Trinajstić information content (AvgIpc) is 2.94. The van der Waals surface area contributed by atoms with E-state index < -0.39 is 0 Å². The fourth-order valence-corrected chi connectivity index (χ4v) is 3.20. The molecule has 2 rings (SSSR count). The fraction of sp³-hybridized carbons (Fsp3) is 0.412. The van der Waals surface area contributed by atoms with Gasteiger partial charge in [0.05, 0.1) is 12.0 Å². The molecule has 0 spiro atoms. The molecule has 1 heterocycles. The van der Waals surface area contributed by atoms with Crippen LogP contribution in [0.5, 0.6) is 0 Å². The molecule has 0 amide bonds. The van der Waals surface area contributed by atoms with Crippen molar-refractivity contribution in [2.24, 2.45) is 0 Å². The Hall–Kier alpha value is -1.19. The van der Waals surface area contributed by atoms with Gasteiger partial charge >= 0.3 is 0 Å². The van der Waals surface area contributed by atoms with E-state index in [1.165, 1.54) is 16.7 Å². The lowest BCUT2D eigenvalue weighted by molar-refractivity contribution is 0.530. The monoisotopic (exact) mass is 289 g/mol. The number of nitrogens with one attached hydrogen (secondary N) is 1. The van der Waals surface area contributed by atoms with E-state index in [4.69, 9.17) is 4.42 Å². The molecule has 1 aromatic carbocycles. The van der Waals surface area contributed by atoms with Crippen LogP contribution < -0.4 is 5.32 Å². The number of aryl methyl sites for hydroxylation is 2. The van der Waals surface area contributed by atoms with Gasteiger partial charge in [0.25, 0.3) is 0 Å². The Morgan fingerprint density at radius 1 is 1.20 bits per heavy atom. The number of thioether (sulfide) groups is 1. The Bertz CT molecular complexity index is 522. The van der Waals surface area contributed by atoms with Gasteiger partial charge < -0.3 is 9.73 Å². The molecule has 0 fully saturated rings. The lowest BCUT2D eigenvalue weighted by Crippen LogP contribution is -2.23. The summed E-state index contributed by atoms with van der Waals surface area (Å²) in [6, 6.07) is 11.1. The first-order chi connectivity index (χ1) is 9.70. The van der Waals surface area contributed by atoms with Gasteiger partial charge in [-0.05, 0) is 49.2 Å². The molecule has 1 aromatic heterocycles. The molecule has 0 saturated heterocycles. The summed E-state index contributed by atoms with van der Waals surface area (Å²) in [6.07, 6.45) is 1.74. The van der Waals surface area contributed by atoms with E-state index in [0.717, 1.165) is 23.8 Å². The minimum absolute atomic E-state index is 0.402. The van der Waals surface area contributed by atoms with Gasteiger partial charge in [-0.1, -0.05) is 25.1 Å². The summed E-state index contributed by atoms with van der Waals surface area (Å²) in [5.74, 6) is 3.03. The smallest absolute Gasteiger partial charge is 0.113 e. The van der Waals surface area contributed by atoms with Gasteiger partial charge in [0.15, 0.2) is 0 Å². The molecule has 1 atom stereocenters.